The van der Waals surface area contributed by atoms with Gasteiger partial charge in [-0.2, -0.15) is 0 Å². The number of benzene rings is 1. The number of nitrogens with one attached hydrogen (secondary N) is 1. The predicted octanol–water partition coefficient (Wildman–Crippen LogP) is 2.32. The summed E-state index contributed by atoms with van der Waals surface area (Å²) < 4.78 is 16.8. The van der Waals surface area contributed by atoms with E-state index in [2.05, 4.69) is 12.2 Å². The van der Waals surface area contributed by atoms with E-state index in [1.165, 1.54) is 0 Å². The van der Waals surface area contributed by atoms with E-state index in [0.29, 0.717) is 6.04 Å². The zero-order chi connectivity index (χ0) is 13.9. The summed E-state index contributed by atoms with van der Waals surface area (Å²) in [5.74, 6) is 1.67. The van der Waals surface area contributed by atoms with Crippen molar-refractivity contribution in [2.75, 3.05) is 27.9 Å². The Labute approximate surface area is 115 Å². The zero-order valence-corrected chi connectivity index (χ0v) is 12.2. The number of hydrogen-bond donors (Lipinski definition) is 1. The molecule has 0 aliphatic carbocycles. The number of rotatable bonds is 4. The first-order chi connectivity index (χ1) is 9.12. The number of hydrogen-bond acceptors (Lipinski definition) is 4. The highest BCUT2D eigenvalue weighted by Gasteiger charge is 2.36. The number of methoxy groups -OCH3 is 2. The molecule has 2 atom stereocenters. The van der Waals surface area contributed by atoms with Crippen LogP contribution in [0.15, 0.2) is 18.2 Å². The summed E-state index contributed by atoms with van der Waals surface area (Å²) >= 11 is 0. The van der Waals surface area contributed by atoms with Crippen LogP contribution in [0.3, 0.4) is 0 Å². The first-order valence-corrected chi connectivity index (χ1v) is 6.66. The highest BCUT2D eigenvalue weighted by molar-refractivity contribution is 5.44. The van der Waals surface area contributed by atoms with Gasteiger partial charge in [-0.25, -0.2) is 0 Å². The molecule has 19 heavy (non-hydrogen) atoms. The average Bonchev–Trinajstić information content (AvgIpc) is 2.46. The van der Waals surface area contributed by atoms with E-state index >= 15 is 0 Å². The van der Waals surface area contributed by atoms with Crippen molar-refractivity contribution in [2.24, 2.45) is 0 Å². The summed E-state index contributed by atoms with van der Waals surface area (Å²) in [5, 5.41) is 3.34. The minimum atomic E-state index is -0.341. The minimum absolute atomic E-state index is 0.341. The molecule has 1 aromatic rings. The molecule has 2 unspecified atom stereocenters. The zero-order valence-electron chi connectivity index (χ0n) is 12.2. The summed E-state index contributed by atoms with van der Waals surface area (Å²) in [7, 11) is 5.36. The second kappa shape index (κ2) is 5.80. The molecule has 0 radical (unpaired) electrons. The van der Waals surface area contributed by atoms with Crippen molar-refractivity contribution in [1.82, 2.24) is 5.32 Å². The van der Waals surface area contributed by atoms with Gasteiger partial charge in [0.15, 0.2) is 0 Å². The van der Waals surface area contributed by atoms with Crippen LogP contribution >= 0.6 is 0 Å². The van der Waals surface area contributed by atoms with Crippen LogP contribution in [0.2, 0.25) is 0 Å². The van der Waals surface area contributed by atoms with Gasteiger partial charge >= 0.3 is 0 Å². The van der Waals surface area contributed by atoms with E-state index < -0.39 is 0 Å². The van der Waals surface area contributed by atoms with E-state index in [9.17, 15) is 0 Å². The Balaban J connectivity index is 2.37. The van der Waals surface area contributed by atoms with Crippen LogP contribution in [0, 0.1) is 0 Å². The van der Waals surface area contributed by atoms with Gasteiger partial charge in [0.2, 0.25) is 0 Å². The molecule has 1 aliphatic heterocycles. The molecule has 1 aromatic carbocycles. The highest BCUT2D eigenvalue weighted by Crippen LogP contribution is 2.41. The van der Waals surface area contributed by atoms with Gasteiger partial charge in [0.25, 0.3) is 0 Å². The fraction of sp³-hybridized carbons (Fsp3) is 0.600. The Morgan fingerprint density at radius 2 is 2.11 bits per heavy atom. The minimum Gasteiger partial charge on any atom is -0.497 e. The Morgan fingerprint density at radius 3 is 2.74 bits per heavy atom. The standard InChI is InChI=1S/C15H23NO3/c1-15(10-11(16-2)7-8-19-15)13-9-12(17-3)5-6-14(13)18-4/h5-6,9,11,16H,7-8,10H2,1-4H3. The molecule has 0 amide bonds. The smallest absolute Gasteiger partial charge is 0.125 e. The van der Waals surface area contributed by atoms with Crippen LogP contribution in [0.25, 0.3) is 0 Å². The summed E-state index contributed by atoms with van der Waals surface area (Å²) in [5.41, 5.74) is 0.709. The topological polar surface area (TPSA) is 39.7 Å². The van der Waals surface area contributed by atoms with Gasteiger partial charge in [-0.15, -0.1) is 0 Å². The van der Waals surface area contributed by atoms with E-state index in [-0.39, 0.29) is 5.60 Å². The molecule has 106 valence electrons. The van der Waals surface area contributed by atoms with Crippen molar-refractivity contribution in [3.63, 3.8) is 0 Å². The molecular formula is C15H23NO3. The normalized spacial score (nSPS) is 27.1. The van der Waals surface area contributed by atoms with Crippen molar-refractivity contribution in [3.05, 3.63) is 23.8 Å². The maximum absolute atomic E-state index is 6.05. The van der Waals surface area contributed by atoms with Gasteiger partial charge < -0.3 is 19.5 Å². The lowest BCUT2D eigenvalue weighted by molar-refractivity contribution is -0.0815. The van der Waals surface area contributed by atoms with E-state index in [1.807, 2.05) is 25.2 Å². The van der Waals surface area contributed by atoms with E-state index in [1.54, 1.807) is 14.2 Å². The van der Waals surface area contributed by atoms with Crippen LogP contribution < -0.4 is 14.8 Å². The Bertz CT molecular complexity index is 435. The Morgan fingerprint density at radius 1 is 1.32 bits per heavy atom. The van der Waals surface area contributed by atoms with Crippen LogP contribution in [-0.4, -0.2) is 33.9 Å². The molecule has 1 fully saturated rings. The van der Waals surface area contributed by atoms with Gasteiger partial charge in [0.1, 0.15) is 11.5 Å². The monoisotopic (exact) mass is 265 g/mol. The fourth-order valence-electron chi connectivity index (χ4n) is 2.72. The first-order valence-electron chi connectivity index (χ1n) is 6.66. The Hall–Kier alpha value is -1.26. The van der Waals surface area contributed by atoms with Gasteiger partial charge in [-0.1, -0.05) is 0 Å². The van der Waals surface area contributed by atoms with Gasteiger partial charge in [-0.05, 0) is 45.0 Å². The maximum atomic E-state index is 6.05. The third-order valence-electron chi connectivity index (χ3n) is 3.91. The van der Waals surface area contributed by atoms with Crippen molar-refractivity contribution >= 4 is 0 Å². The molecule has 4 heteroatoms. The third-order valence-corrected chi connectivity index (χ3v) is 3.91. The molecule has 4 nitrogen and oxygen atoms in total. The molecule has 0 saturated carbocycles. The lowest BCUT2D eigenvalue weighted by Gasteiger charge is -2.39. The lowest BCUT2D eigenvalue weighted by atomic mass is 9.85. The molecule has 1 saturated heterocycles. The Kier molecular flexibility index (Phi) is 4.32. The largest absolute Gasteiger partial charge is 0.497 e. The molecule has 1 aliphatic rings. The summed E-state index contributed by atoms with van der Waals surface area (Å²) in [6.07, 6.45) is 1.96. The molecule has 1 N–H and O–H groups in total. The van der Waals surface area contributed by atoms with Crippen molar-refractivity contribution < 1.29 is 14.2 Å². The molecule has 0 aromatic heterocycles. The number of ether oxygens (including phenoxy) is 3. The predicted molar refractivity (Wildman–Crippen MR) is 74.9 cm³/mol. The lowest BCUT2D eigenvalue weighted by Crippen LogP contribution is -2.42. The molecule has 2 rings (SSSR count). The van der Waals surface area contributed by atoms with Crippen LogP contribution in [0.4, 0.5) is 0 Å². The highest BCUT2D eigenvalue weighted by atomic mass is 16.5. The third kappa shape index (κ3) is 2.85. The molecular weight excluding hydrogens is 242 g/mol. The van der Waals surface area contributed by atoms with Crippen LogP contribution in [0.5, 0.6) is 11.5 Å². The average molecular weight is 265 g/mol. The molecule has 0 spiro atoms. The van der Waals surface area contributed by atoms with Gasteiger partial charge in [0.05, 0.1) is 19.8 Å². The fourth-order valence-corrected chi connectivity index (χ4v) is 2.72. The van der Waals surface area contributed by atoms with Gasteiger partial charge in [-0.3, -0.25) is 0 Å². The van der Waals surface area contributed by atoms with Crippen molar-refractivity contribution in [3.8, 4) is 11.5 Å². The first kappa shape index (κ1) is 14.2. The molecule has 1 heterocycles. The summed E-state index contributed by atoms with van der Waals surface area (Å²) in [4.78, 5) is 0. The quantitative estimate of drug-likeness (QED) is 0.907. The SMILES string of the molecule is CNC1CCOC(C)(c2cc(OC)ccc2OC)C1. The van der Waals surface area contributed by atoms with E-state index in [0.717, 1.165) is 36.5 Å². The van der Waals surface area contributed by atoms with E-state index in [4.69, 9.17) is 14.2 Å². The molecule has 0 bridgehead atoms. The van der Waals surface area contributed by atoms with Crippen LogP contribution in [0.1, 0.15) is 25.3 Å². The second-order valence-corrected chi connectivity index (χ2v) is 5.12. The second-order valence-electron chi connectivity index (χ2n) is 5.12. The summed E-state index contributed by atoms with van der Waals surface area (Å²) in [6, 6.07) is 6.32. The van der Waals surface area contributed by atoms with Gasteiger partial charge in [0, 0.05) is 18.2 Å². The summed E-state index contributed by atoms with van der Waals surface area (Å²) in [6.45, 7) is 2.87. The maximum Gasteiger partial charge on any atom is 0.125 e. The van der Waals surface area contributed by atoms with Crippen molar-refractivity contribution in [1.29, 1.82) is 0 Å². The van der Waals surface area contributed by atoms with Crippen molar-refractivity contribution in [2.45, 2.75) is 31.4 Å². The van der Waals surface area contributed by atoms with Crippen LogP contribution in [-0.2, 0) is 10.3 Å².